The van der Waals surface area contributed by atoms with Crippen LogP contribution in [0.4, 0.5) is 0 Å². The largest absolute Gasteiger partial charge is 0.493 e. The Labute approximate surface area is 158 Å². The molecular weight excluding hydrogens is 348 g/mol. The van der Waals surface area contributed by atoms with Gasteiger partial charge in [0.2, 0.25) is 5.91 Å². The molecule has 2 rings (SSSR count). The first-order valence-electron chi connectivity index (χ1n) is 8.63. The number of amides is 2. The number of ether oxygens (including phenoxy) is 3. The van der Waals surface area contributed by atoms with Gasteiger partial charge in [0.25, 0.3) is 5.91 Å². The van der Waals surface area contributed by atoms with Gasteiger partial charge in [0, 0.05) is 6.54 Å². The maximum atomic E-state index is 11.9. The molecule has 0 aliphatic carbocycles. The quantitative estimate of drug-likeness (QED) is 0.665. The zero-order valence-corrected chi connectivity index (χ0v) is 15.5. The minimum absolute atomic E-state index is 0.120. The minimum Gasteiger partial charge on any atom is -0.493 e. The number of hydrogen-bond donors (Lipinski definition) is 2. The summed E-state index contributed by atoms with van der Waals surface area (Å²) < 4.78 is 16.1. The highest BCUT2D eigenvalue weighted by molar-refractivity contribution is 5.85. The van der Waals surface area contributed by atoms with Crippen LogP contribution in [0.15, 0.2) is 48.5 Å². The second kappa shape index (κ2) is 10.7. The highest BCUT2D eigenvalue weighted by Gasteiger charge is 2.08. The van der Waals surface area contributed by atoms with Crippen LogP contribution < -0.4 is 24.8 Å². The zero-order valence-electron chi connectivity index (χ0n) is 15.5. The van der Waals surface area contributed by atoms with E-state index >= 15 is 0 Å². The van der Waals surface area contributed by atoms with Gasteiger partial charge in [0.15, 0.2) is 18.1 Å². The second-order valence-electron chi connectivity index (χ2n) is 5.57. The van der Waals surface area contributed by atoms with Crippen LogP contribution in [-0.4, -0.2) is 38.7 Å². The molecule has 27 heavy (non-hydrogen) atoms. The molecule has 0 aliphatic heterocycles. The predicted molar refractivity (Wildman–Crippen MR) is 101 cm³/mol. The van der Waals surface area contributed by atoms with Gasteiger partial charge in [0.05, 0.1) is 20.3 Å². The van der Waals surface area contributed by atoms with Crippen LogP contribution in [-0.2, 0) is 16.1 Å². The van der Waals surface area contributed by atoms with Gasteiger partial charge in [-0.05, 0) is 36.8 Å². The van der Waals surface area contributed by atoms with E-state index in [1.165, 1.54) is 0 Å². The molecule has 2 N–H and O–H groups in total. The average molecular weight is 372 g/mol. The van der Waals surface area contributed by atoms with Crippen molar-refractivity contribution in [2.24, 2.45) is 0 Å². The molecule has 0 atom stereocenters. The smallest absolute Gasteiger partial charge is 0.258 e. The number of methoxy groups -OCH3 is 1. The fourth-order valence-electron chi connectivity index (χ4n) is 2.26. The van der Waals surface area contributed by atoms with Gasteiger partial charge in [-0.15, -0.1) is 0 Å². The third-order valence-electron chi connectivity index (χ3n) is 3.58. The van der Waals surface area contributed by atoms with Crippen LogP contribution >= 0.6 is 0 Å². The molecule has 0 heterocycles. The van der Waals surface area contributed by atoms with Crippen molar-refractivity contribution < 1.29 is 23.8 Å². The topological polar surface area (TPSA) is 85.9 Å². The van der Waals surface area contributed by atoms with Crippen LogP contribution in [0.5, 0.6) is 17.2 Å². The van der Waals surface area contributed by atoms with E-state index in [-0.39, 0.29) is 25.0 Å². The normalized spacial score (nSPS) is 10.0. The van der Waals surface area contributed by atoms with Crippen molar-refractivity contribution in [2.45, 2.75) is 13.5 Å². The predicted octanol–water partition coefficient (Wildman–Crippen LogP) is 1.91. The molecule has 0 unspecified atom stereocenters. The maximum absolute atomic E-state index is 11.9. The van der Waals surface area contributed by atoms with Crippen LogP contribution in [0.25, 0.3) is 0 Å². The first-order chi connectivity index (χ1) is 13.1. The number of rotatable bonds is 10. The average Bonchev–Trinajstić information content (AvgIpc) is 2.70. The monoisotopic (exact) mass is 372 g/mol. The van der Waals surface area contributed by atoms with Gasteiger partial charge in [-0.2, -0.15) is 0 Å². The number of hydrogen-bond acceptors (Lipinski definition) is 5. The van der Waals surface area contributed by atoms with E-state index in [0.717, 1.165) is 5.56 Å². The summed E-state index contributed by atoms with van der Waals surface area (Å²) in [7, 11) is 1.56. The van der Waals surface area contributed by atoms with Gasteiger partial charge in [-0.25, -0.2) is 0 Å². The highest BCUT2D eigenvalue weighted by atomic mass is 16.5. The van der Waals surface area contributed by atoms with Gasteiger partial charge in [-0.3, -0.25) is 9.59 Å². The second-order valence-corrected chi connectivity index (χ2v) is 5.57. The van der Waals surface area contributed by atoms with E-state index in [0.29, 0.717) is 30.4 Å². The van der Waals surface area contributed by atoms with Crippen molar-refractivity contribution in [1.82, 2.24) is 10.6 Å². The third-order valence-corrected chi connectivity index (χ3v) is 3.58. The lowest BCUT2D eigenvalue weighted by Gasteiger charge is -2.12. The van der Waals surface area contributed by atoms with Crippen molar-refractivity contribution in [1.29, 1.82) is 0 Å². The lowest BCUT2D eigenvalue weighted by Crippen LogP contribution is -2.38. The summed E-state index contributed by atoms with van der Waals surface area (Å²) in [6, 6.07) is 14.4. The van der Waals surface area contributed by atoms with E-state index < -0.39 is 0 Å². The van der Waals surface area contributed by atoms with E-state index in [2.05, 4.69) is 10.6 Å². The fraction of sp³-hybridized carbons (Fsp3) is 0.300. The zero-order chi connectivity index (χ0) is 19.5. The summed E-state index contributed by atoms with van der Waals surface area (Å²) in [6.45, 7) is 2.49. The number of nitrogens with one attached hydrogen (secondary N) is 2. The standard InChI is InChI=1S/C20H24N2O5/c1-3-26-17-10-9-15(11-18(17)25-2)12-21-19(23)13-22-20(24)14-27-16-7-5-4-6-8-16/h4-11H,3,12-14H2,1-2H3,(H,21,23)(H,22,24). The molecule has 7 heteroatoms. The Hall–Kier alpha value is -3.22. The van der Waals surface area contributed by atoms with E-state index in [9.17, 15) is 9.59 Å². The SMILES string of the molecule is CCOc1ccc(CNC(=O)CNC(=O)COc2ccccc2)cc1OC. The Morgan fingerprint density at radius 1 is 0.926 bits per heavy atom. The van der Waals surface area contributed by atoms with Gasteiger partial charge in [0.1, 0.15) is 5.75 Å². The fourth-order valence-corrected chi connectivity index (χ4v) is 2.26. The first kappa shape index (κ1) is 20.1. The van der Waals surface area contributed by atoms with Crippen LogP contribution in [0, 0.1) is 0 Å². The number of carbonyl (C=O) groups excluding carboxylic acids is 2. The van der Waals surface area contributed by atoms with Gasteiger partial charge >= 0.3 is 0 Å². The Kier molecular flexibility index (Phi) is 7.96. The van der Waals surface area contributed by atoms with E-state index in [4.69, 9.17) is 14.2 Å². The Morgan fingerprint density at radius 2 is 1.70 bits per heavy atom. The van der Waals surface area contributed by atoms with Crippen LogP contribution in [0.2, 0.25) is 0 Å². The van der Waals surface area contributed by atoms with Crippen LogP contribution in [0.1, 0.15) is 12.5 Å². The first-order valence-corrected chi connectivity index (χ1v) is 8.63. The molecule has 0 radical (unpaired) electrons. The molecule has 0 aromatic heterocycles. The number of para-hydroxylation sites is 1. The Balaban J connectivity index is 1.72. The molecule has 0 bridgehead atoms. The molecule has 2 amide bonds. The van der Waals surface area contributed by atoms with Crippen LogP contribution in [0.3, 0.4) is 0 Å². The Morgan fingerprint density at radius 3 is 2.41 bits per heavy atom. The van der Waals surface area contributed by atoms with Crippen molar-refractivity contribution >= 4 is 11.8 Å². The van der Waals surface area contributed by atoms with Gasteiger partial charge in [-0.1, -0.05) is 24.3 Å². The summed E-state index contributed by atoms with van der Waals surface area (Å²) in [5.41, 5.74) is 0.863. The van der Waals surface area contributed by atoms with Crippen molar-refractivity contribution in [3.8, 4) is 17.2 Å². The summed E-state index contributed by atoms with van der Waals surface area (Å²) in [5, 5.41) is 5.26. The number of carbonyl (C=O) groups is 2. The lowest BCUT2D eigenvalue weighted by molar-refractivity contribution is -0.127. The molecule has 2 aromatic rings. The highest BCUT2D eigenvalue weighted by Crippen LogP contribution is 2.27. The third kappa shape index (κ3) is 6.89. The minimum atomic E-state index is -0.364. The molecule has 0 saturated carbocycles. The molecule has 0 fully saturated rings. The Bertz CT molecular complexity index is 749. The summed E-state index contributed by atoms with van der Waals surface area (Å²) in [4.78, 5) is 23.6. The van der Waals surface area contributed by atoms with Crippen molar-refractivity contribution in [2.75, 3.05) is 26.9 Å². The van der Waals surface area contributed by atoms with Crippen molar-refractivity contribution in [3.63, 3.8) is 0 Å². The molecular formula is C20H24N2O5. The summed E-state index contributed by atoms with van der Waals surface area (Å²) in [5.74, 6) is 1.20. The number of benzene rings is 2. The van der Waals surface area contributed by atoms with E-state index in [1.54, 1.807) is 31.4 Å². The molecule has 0 saturated heterocycles. The van der Waals surface area contributed by atoms with E-state index in [1.807, 2.05) is 31.2 Å². The maximum Gasteiger partial charge on any atom is 0.258 e. The molecule has 2 aromatic carbocycles. The summed E-state index contributed by atoms with van der Waals surface area (Å²) >= 11 is 0. The summed E-state index contributed by atoms with van der Waals surface area (Å²) in [6.07, 6.45) is 0. The van der Waals surface area contributed by atoms with Crippen molar-refractivity contribution in [3.05, 3.63) is 54.1 Å². The lowest BCUT2D eigenvalue weighted by atomic mass is 10.2. The molecule has 0 spiro atoms. The molecule has 0 aliphatic rings. The molecule has 7 nitrogen and oxygen atoms in total. The molecule has 144 valence electrons. The van der Waals surface area contributed by atoms with Gasteiger partial charge < -0.3 is 24.8 Å².